The summed E-state index contributed by atoms with van der Waals surface area (Å²) in [5.41, 5.74) is 1.23. The van der Waals surface area contributed by atoms with Gasteiger partial charge in [-0.3, -0.25) is 14.4 Å². The first-order valence-corrected chi connectivity index (χ1v) is 13.7. The van der Waals surface area contributed by atoms with Crippen LogP contribution in [0.4, 0.5) is 24.5 Å². The highest BCUT2D eigenvalue weighted by molar-refractivity contribution is 7.91. The lowest BCUT2D eigenvalue weighted by Crippen LogP contribution is -2.50. The number of carbonyl (C=O) groups excluding carboxylic acids is 1. The number of carbonyl (C=O) groups is 3. The monoisotopic (exact) mass is 588 g/mol. The Balaban J connectivity index is 0.000000708. The fraction of sp³-hybridized carbons (Fsp3) is 0.400. The fourth-order valence-electron chi connectivity index (χ4n) is 3.73. The van der Waals surface area contributed by atoms with E-state index in [-0.39, 0.29) is 29.0 Å². The number of aromatic carboxylic acids is 1. The summed E-state index contributed by atoms with van der Waals surface area (Å²) >= 11 is 0. The third-order valence-corrected chi connectivity index (χ3v) is 6.74. The molecule has 0 radical (unpaired) electrons. The number of sulfonamides is 1. The van der Waals surface area contributed by atoms with Crippen LogP contribution in [-0.4, -0.2) is 86.3 Å². The van der Waals surface area contributed by atoms with Crippen molar-refractivity contribution in [2.45, 2.75) is 31.8 Å². The van der Waals surface area contributed by atoms with Gasteiger partial charge in [0.1, 0.15) is 0 Å². The largest absolute Gasteiger partial charge is 0.490 e. The fourth-order valence-corrected chi connectivity index (χ4v) is 4.94. The number of anilines is 2. The van der Waals surface area contributed by atoms with E-state index < -0.39 is 28.1 Å². The van der Waals surface area contributed by atoms with Gasteiger partial charge >= 0.3 is 18.1 Å². The Kier molecular flexibility index (Phi) is 11.3. The Morgan fingerprint density at radius 2 is 1.55 bits per heavy atom. The first-order chi connectivity index (χ1) is 18.6. The summed E-state index contributed by atoms with van der Waals surface area (Å²) in [5.74, 6) is -4.23. The van der Waals surface area contributed by atoms with Gasteiger partial charge in [0.15, 0.2) is 0 Å². The quantitative estimate of drug-likeness (QED) is 0.346. The molecule has 2 aromatic rings. The van der Waals surface area contributed by atoms with Gasteiger partial charge in [0.25, 0.3) is 0 Å². The van der Waals surface area contributed by atoms with Crippen LogP contribution in [0.2, 0.25) is 0 Å². The third kappa shape index (κ3) is 10.7. The molecule has 0 aromatic heterocycles. The molecule has 0 aliphatic carbocycles. The molecule has 15 heteroatoms. The number of alkyl halides is 3. The number of aliphatic carboxylic acids is 1. The number of halogens is 3. The van der Waals surface area contributed by atoms with Crippen molar-refractivity contribution in [1.29, 1.82) is 0 Å². The average molecular weight is 589 g/mol. The van der Waals surface area contributed by atoms with Gasteiger partial charge < -0.3 is 20.4 Å². The van der Waals surface area contributed by atoms with Crippen LogP contribution in [0.3, 0.4) is 0 Å². The van der Waals surface area contributed by atoms with Gasteiger partial charge in [-0.2, -0.15) is 13.2 Å². The third-order valence-electron chi connectivity index (χ3n) is 5.50. The Labute approximate surface area is 229 Å². The maximum Gasteiger partial charge on any atom is 0.490 e. The van der Waals surface area contributed by atoms with E-state index in [2.05, 4.69) is 14.9 Å². The number of hydrogen-bond donors (Lipinski definition) is 4. The second kappa shape index (κ2) is 14.0. The number of nitrogens with one attached hydrogen (secondary N) is 2. The standard InChI is InChI=1S/C23H30N4O5S.C2HF3O2/c1-17(2)24-22(28)15-26-10-12-27(13-11-26)19-8-9-21(20(14-19)23(29)30)25-33(31,32)16-18-6-4-3-5-7-18;3-2(4,5)1(6)7/h3-9,14,17,25H,10-13,15-16H2,1-2H3,(H,24,28)(H,29,30);(H,6,7). The molecule has 1 fully saturated rings. The summed E-state index contributed by atoms with van der Waals surface area (Å²) in [6.45, 7) is 6.76. The zero-order valence-corrected chi connectivity index (χ0v) is 22.6. The number of nitrogens with zero attached hydrogens (tertiary/aromatic N) is 2. The van der Waals surface area contributed by atoms with Crippen LogP contribution in [-0.2, 0) is 25.4 Å². The van der Waals surface area contributed by atoms with E-state index in [1.54, 1.807) is 36.4 Å². The minimum Gasteiger partial charge on any atom is -0.478 e. The molecule has 0 unspecified atom stereocenters. The molecule has 1 aliphatic rings. The topological polar surface area (TPSA) is 156 Å². The van der Waals surface area contributed by atoms with Crippen molar-refractivity contribution in [3.8, 4) is 0 Å². The maximum atomic E-state index is 12.6. The highest BCUT2D eigenvalue weighted by Gasteiger charge is 2.38. The lowest BCUT2D eigenvalue weighted by molar-refractivity contribution is -0.192. The molecule has 0 spiro atoms. The summed E-state index contributed by atoms with van der Waals surface area (Å²) in [7, 11) is -3.78. The molecule has 1 saturated heterocycles. The molecular formula is C25H31F3N4O7S. The highest BCUT2D eigenvalue weighted by atomic mass is 32.2. The Bertz CT molecular complexity index is 1280. The van der Waals surface area contributed by atoms with Crippen LogP contribution in [0, 0.1) is 0 Å². The molecule has 11 nitrogen and oxygen atoms in total. The minimum atomic E-state index is -5.08. The molecule has 0 atom stereocenters. The number of hydrogen-bond acceptors (Lipinski definition) is 7. The van der Waals surface area contributed by atoms with Gasteiger partial charge in [-0.25, -0.2) is 18.0 Å². The smallest absolute Gasteiger partial charge is 0.478 e. The lowest BCUT2D eigenvalue weighted by atomic mass is 10.1. The molecule has 3 rings (SSSR count). The van der Waals surface area contributed by atoms with Gasteiger partial charge in [0.05, 0.1) is 23.5 Å². The van der Waals surface area contributed by atoms with Gasteiger partial charge in [-0.15, -0.1) is 0 Å². The van der Waals surface area contributed by atoms with Gasteiger partial charge in [0, 0.05) is 37.9 Å². The summed E-state index contributed by atoms with van der Waals surface area (Å²) in [6.07, 6.45) is -5.08. The average Bonchev–Trinajstić information content (AvgIpc) is 2.84. The van der Waals surface area contributed by atoms with Gasteiger partial charge in [0.2, 0.25) is 15.9 Å². The van der Waals surface area contributed by atoms with E-state index in [1.807, 2.05) is 18.7 Å². The lowest BCUT2D eigenvalue weighted by Gasteiger charge is -2.36. The number of rotatable bonds is 9. The van der Waals surface area contributed by atoms with E-state index in [0.717, 1.165) is 0 Å². The summed E-state index contributed by atoms with van der Waals surface area (Å²) in [4.78, 5) is 36.8. The normalized spacial score (nSPS) is 14.2. The number of piperazine rings is 1. The van der Waals surface area contributed by atoms with Crippen LogP contribution in [0.15, 0.2) is 48.5 Å². The predicted octanol–water partition coefficient (Wildman–Crippen LogP) is 2.61. The van der Waals surface area contributed by atoms with E-state index in [0.29, 0.717) is 44.0 Å². The van der Waals surface area contributed by atoms with Crippen molar-refractivity contribution in [3.63, 3.8) is 0 Å². The number of benzene rings is 2. The van der Waals surface area contributed by atoms with Gasteiger partial charge in [-0.1, -0.05) is 30.3 Å². The zero-order valence-electron chi connectivity index (χ0n) is 21.8. The van der Waals surface area contributed by atoms with Crippen LogP contribution < -0.4 is 14.9 Å². The Morgan fingerprint density at radius 1 is 0.975 bits per heavy atom. The van der Waals surface area contributed by atoms with Gasteiger partial charge in [-0.05, 0) is 37.6 Å². The first-order valence-electron chi connectivity index (χ1n) is 12.1. The van der Waals surface area contributed by atoms with Crippen LogP contribution in [0.5, 0.6) is 0 Å². The molecule has 220 valence electrons. The van der Waals surface area contributed by atoms with Crippen molar-refractivity contribution in [2.75, 3.05) is 42.3 Å². The molecule has 2 aromatic carbocycles. The Hall–Kier alpha value is -3.85. The van der Waals surface area contributed by atoms with Crippen molar-refractivity contribution >= 4 is 39.2 Å². The first kappa shape index (κ1) is 32.4. The van der Waals surface area contributed by atoms with Crippen molar-refractivity contribution in [2.24, 2.45) is 0 Å². The van der Waals surface area contributed by atoms with E-state index in [4.69, 9.17) is 9.90 Å². The summed E-state index contributed by atoms with van der Waals surface area (Å²) in [6, 6.07) is 13.5. The molecule has 1 amide bonds. The Morgan fingerprint density at radius 3 is 2.05 bits per heavy atom. The molecule has 4 N–H and O–H groups in total. The number of carboxylic acid groups (broad SMARTS) is 2. The molecule has 1 heterocycles. The molecule has 40 heavy (non-hydrogen) atoms. The van der Waals surface area contributed by atoms with Crippen LogP contribution in [0.1, 0.15) is 29.8 Å². The second-order valence-corrected chi connectivity index (χ2v) is 10.9. The highest BCUT2D eigenvalue weighted by Crippen LogP contribution is 2.26. The van der Waals surface area contributed by atoms with Crippen molar-refractivity contribution in [1.82, 2.24) is 10.2 Å². The van der Waals surface area contributed by atoms with E-state index in [9.17, 15) is 36.3 Å². The summed E-state index contributed by atoms with van der Waals surface area (Å²) in [5, 5.41) is 19.7. The zero-order chi connectivity index (χ0) is 30.1. The molecule has 1 aliphatic heterocycles. The molecular weight excluding hydrogens is 557 g/mol. The number of carboxylic acids is 2. The second-order valence-electron chi connectivity index (χ2n) is 9.17. The van der Waals surface area contributed by atoms with E-state index in [1.165, 1.54) is 12.1 Å². The van der Waals surface area contributed by atoms with Crippen LogP contribution in [0.25, 0.3) is 0 Å². The van der Waals surface area contributed by atoms with Crippen molar-refractivity contribution < 1.29 is 46.2 Å². The minimum absolute atomic E-state index is 0.0150. The predicted molar refractivity (Wildman–Crippen MR) is 142 cm³/mol. The SMILES string of the molecule is CC(C)NC(=O)CN1CCN(c2ccc(NS(=O)(=O)Cc3ccccc3)c(C(=O)O)c2)CC1.O=C(O)C(F)(F)F. The van der Waals surface area contributed by atoms with Crippen molar-refractivity contribution in [3.05, 3.63) is 59.7 Å². The number of amides is 1. The summed E-state index contributed by atoms with van der Waals surface area (Å²) < 4.78 is 59.3. The van der Waals surface area contributed by atoms with Crippen LogP contribution >= 0.6 is 0 Å². The molecule has 0 saturated carbocycles. The maximum absolute atomic E-state index is 12.6. The van der Waals surface area contributed by atoms with E-state index >= 15 is 0 Å². The molecule has 0 bridgehead atoms.